The molecule has 0 radical (unpaired) electrons. The number of rotatable bonds is 7. The van der Waals surface area contributed by atoms with Crippen LogP contribution >= 0.6 is 23.2 Å². The average molecular weight is 682 g/mol. The molecule has 2 aliphatic heterocycles. The molecule has 1 saturated heterocycles. The second kappa shape index (κ2) is 13.1. The van der Waals surface area contributed by atoms with Crippen molar-refractivity contribution >= 4 is 51.2 Å². The highest BCUT2D eigenvalue weighted by molar-refractivity contribution is 6.36. The van der Waals surface area contributed by atoms with E-state index in [1.165, 1.54) is 6.20 Å². The van der Waals surface area contributed by atoms with Gasteiger partial charge in [-0.3, -0.25) is 14.9 Å². The van der Waals surface area contributed by atoms with Crippen LogP contribution in [0.25, 0.3) is 10.9 Å². The normalized spacial score (nSPS) is 16.5. The minimum absolute atomic E-state index is 0.0571. The standard InChI is InChI=1S/C34H33Cl2F3N8/c1-34(2,3)46-10-8-23(9-11-46)47-18-30(44-45-47)32(19-4-6-21(35)7-5-19)42-22-12-24-31(20(16-40)17-41-33(24)25(36)13-22)43-29-15-27(38)26(37)14-28(29)39/h4-7,12-15,17-18,23,32,42,44-45H,8-11H2,1-3H3,(H,41,43)/t32-/m0/s1. The quantitative estimate of drug-likeness (QED) is 0.145. The van der Waals surface area contributed by atoms with Crippen LogP contribution in [-0.2, 0) is 0 Å². The number of aromatic nitrogens is 1. The van der Waals surface area contributed by atoms with Gasteiger partial charge >= 0.3 is 0 Å². The second-order valence-electron chi connectivity index (χ2n) is 12.6. The Morgan fingerprint density at radius 2 is 1.70 bits per heavy atom. The molecule has 3 heterocycles. The summed E-state index contributed by atoms with van der Waals surface area (Å²) in [6, 6.07) is 13.9. The molecule has 6 rings (SSSR count). The van der Waals surface area contributed by atoms with Gasteiger partial charge in [0.05, 0.1) is 39.2 Å². The predicted molar refractivity (Wildman–Crippen MR) is 179 cm³/mol. The highest BCUT2D eigenvalue weighted by Gasteiger charge is 2.32. The van der Waals surface area contributed by atoms with Crippen molar-refractivity contribution in [3.05, 3.63) is 105 Å². The molecule has 0 unspecified atom stereocenters. The lowest BCUT2D eigenvalue weighted by Gasteiger charge is -2.42. The van der Waals surface area contributed by atoms with Gasteiger partial charge in [-0.15, -0.1) is 5.53 Å². The minimum Gasteiger partial charge on any atom is -0.373 e. The van der Waals surface area contributed by atoms with Gasteiger partial charge in [0.2, 0.25) is 0 Å². The Morgan fingerprint density at radius 3 is 2.38 bits per heavy atom. The van der Waals surface area contributed by atoms with E-state index in [2.05, 4.69) is 63.5 Å². The summed E-state index contributed by atoms with van der Waals surface area (Å²) >= 11 is 12.9. The molecule has 1 atom stereocenters. The van der Waals surface area contributed by atoms with Crippen LogP contribution in [0.2, 0.25) is 10.0 Å². The van der Waals surface area contributed by atoms with E-state index in [-0.39, 0.29) is 27.5 Å². The average Bonchev–Trinajstić information content (AvgIpc) is 3.53. The predicted octanol–water partition coefficient (Wildman–Crippen LogP) is 8.16. The van der Waals surface area contributed by atoms with Crippen molar-refractivity contribution in [1.82, 2.24) is 25.9 Å². The highest BCUT2D eigenvalue weighted by atomic mass is 35.5. The zero-order valence-corrected chi connectivity index (χ0v) is 27.4. The smallest absolute Gasteiger partial charge is 0.161 e. The summed E-state index contributed by atoms with van der Waals surface area (Å²) in [4.78, 5) is 6.84. The molecule has 244 valence electrons. The molecule has 3 aromatic carbocycles. The molecule has 1 fully saturated rings. The molecular formula is C34H33Cl2F3N8. The van der Waals surface area contributed by atoms with E-state index in [9.17, 15) is 18.4 Å². The van der Waals surface area contributed by atoms with Crippen molar-refractivity contribution in [2.75, 3.05) is 23.7 Å². The zero-order chi connectivity index (χ0) is 33.5. The number of halogens is 5. The fourth-order valence-electron chi connectivity index (χ4n) is 5.98. The van der Waals surface area contributed by atoms with E-state index in [1.54, 1.807) is 12.1 Å². The summed E-state index contributed by atoms with van der Waals surface area (Å²) in [5.41, 5.74) is 9.26. The van der Waals surface area contributed by atoms with Gasteiger partial charge < -0.3 is 16.1 Å². The van der Waals surface area contributed by atoms with E-state index < -0.39 is 23.5 Å². The molecule has 2 aliphatic rings. The Bertz CT molecular complexity index is 1880. The number of benzene rings is 3. The monoisotopic (exact) mass is 680 g/mol. The molecule has 4 aromatic rings. The summed E-state index contributed by atoms with van der Waals surface area (Å²) < 4.78 is 42.4. The summed E-state index contributed by atoms with van der Waals surface area (Å²) in [6.07, 6.45) is 5.34. The van der Waals surface area contributed by atoms with Crippen molar-refractivity contribution in [3.8, 4) is 6.07 Å². The molecule has 0 amide bonds. The first kappa shape index (κ1) is 32.7. The van der Waals surface area contributed by atoms with Crippen LogP contribution in [0.15, 0.2) is 66.6 Å². The Kier molecular flexibility index (Phi) is 9.14. The van der Waals surface area contributed by atoms with Crippen molar-refractivity contribution in [2.45, 2.75) is 51.2 Å². The van der Waals surface area contributed by atoms with Crippen LogP contribution in [-0.4, -0.2) is 39.6 Å². The molecule has 8 nitrogen and oxygen atoms in total. The fraction of sp³-hybridized carbons (Fsp3) is 0.294. The summed E-state index contributed by atoms with van der Waals surface area (Å²) in [5, 5.41) is 19.5. The number of piperidine rings is 1. The number of likely N-dealkylation sites (tertiary alicyclic amines) is 1. The summed E-state index contributed by atoms with van der Waals surface area (Å²) in [5.74, 6) is -3.59. The van der Waals surface area contributed by atoms with Crippen LogP contribution < -0.4 is 21.6 Å². The summed E-state index contributed by atoms with van der Waals surface area (Å²) in [7, 11) is 0. The Balaban J connectivity index is 1.35. The minimum atomic E-state index is -1.32. The lowest BCUT2D eigenvalue weighted by molar-refractivity contribution is 0.0570. The molecule has 4 N–H and O–H groups in total. The SMILES string of the molecule is CC(C)(C)N1CCC(N2C=C([C@@H](Nc3cc(Cl)c4ncc(C#N)c(Nc5cc(F)c(F)cc5F)c4c3)c3ccc(Cl)cc3)NN2)CC1. The van der Waals surface area contributed by atoms with E-state index in [1.807, 2.05) is 30.3 Å². The number of hydrazine groups is 2. The summed E-state index contributed by atoms with van der Waals surface area (Å²) in [6.45, 7) is 8.69. The first-order chi connectivity index (χ1) is 22.4. The number of nitriles is 1. The molecule has 0 spiro atoms. The second-order valence-corrected chi connectivity index (χ2v) is 13.5. The van der Waals surface area contributed by atoms with Crippen molar-refractivity contribution in [3.63, 3.8) is 0 Å². The molecule has 13 heteroatoms. The number of nitrogens with zero attached hydrogens (tertiary/aromatic N) is 4. The molecule has 0 bridgehead atoms. The van der Waals surface area contributed by atoms with Crippen molar-refractivity contribution in [2.24, 2.45) is 0 Å². The van der Waals surface area contributed by atoms with E-state index >= 15 is 0 Å². The van der Waals surface area contributed by atoms with Gasteiger partial charge in [-0.1, -0.05) is 35.3 Å². The largest absolute Gasteiger partial charge is 0.373 e. The van der Waals surface area contributed by atoms with Crippen LogP contribution in [0.4, 0.5) is 30.2 Å². The Hall–Kier alpha value is -4.21. The van der Waals surface area contributed by atoms with Crippen LogP contribution in [0.1, 0.15) is 50.8 Å². The first-order valence-electron chi connectivity index (χ1n) is 15.1. The van der Waals surface area contributed by atoms with Crippen LogP contribution in [0.3, 0.4) is 0 Å². The Morgan fingerprint density at radius 1 is 1.00 bits per heavy atom. The van der Waals surface area contributed by atoms with Gasteiger partial charge in [-0.05, 0) is 63.4 Å². The van der Waals surface area contributed by atoms with E-state index in [0.29, 0.717) is 39.8 Å². The number of pyridine rings is 1. The van der Waals surface area contributed by atoms with Gasteiger partial charge in [0.25, 0.3) is 0 Å². The topological polar surface area (TPSA) is 91.3 Å². The van der Waals surface area contributed by atoms with Crippen molar-refractivity contribution in [1.29, 1.82) is 5.26 Å². The van der Waals surface area contributed by atoms with Gasteiger partial charge in [-0.25, -0.2) is 13.2 Å². The van der Waals surface area contributed by atoms with Gasteiger partial charge in [-0.2, -0.15) is 5.26 Å². The maximum atomic E-state index is 14.7. The number of hydrogen-bond donors (Lipinski definition) is 4. The highest BCUT2D eigenvalue weighted by Crippen LogP contribution is 2.38. The lowest BCUT2D eigenvalue weighted by Crippen LogP contribution is -2.52. The first-order valence-corrected chi connectivity index (χ1v) is 15.9. The van der Waals surface area contributed by atoms with Gasteiger partial charge in [0.1, 0.15) is 11.9 Å². The molecule has 1 aromatic heterocycles. The fourth-order valence-corrected chi connectivity index (χ4v) is 6.37. The van der Waals surface area contributed by atoms with Crippen molar-refractivity contribution < 1.29 is 13.2 Å². The third kappa shape index (κ3) is 6.92. The Labute approximate surface area is 281 Å². The van der Waals surface area contributed by atoms with E-state index in [0.717, 1.165) is 37.2 Å². The van der Waals surface area contributed by atoms with Gasteiger partial charge in [0.15, 0.2) is 11.6 Å². The third-order valence-corrected chi connectivity index (χ3v) is 9.09. The number of nitrogens with one attached hydrogen (secondary N) is 4. The molecular weight excluding hydrogens is 648 g/mol. The maximum Gasteiger partial charge on any atom is 0.161 e. The number of anilines is 3. The molecule has 47 heavy (non-hydrogen) atoms. The van der Waals surface area contributed by atoms with Crippen LogP contribution in [0, 0.1) is 28.8 Å². The number of hydrogen-bond acceptors (Lipinski definition) is 8. The zero-order valence-electron chi connectivity index (χ0n) is 25.9. The number of fused-ring (bicyclic) bond motifs is 1. The van der Waals surface area contributed by atoms with Crippen LogP contribution in [0.5, 0.6) is 0 Å². The van der Waals surface area contributed by atoms with E-state index in [4.69, 9.17) is 23.2 Å². The lowest BCUT2D eigenvalue weighted by atomic mass is 9.98. The third-order valence-electron chi connectivity index (χ3n) is 8.55. The molecule has 0 saturated carbocycles. The maximum absolute atomic E-state index is 14.7. The van der Waals surface area contributed by atoms with Gasteiger partial charge in [0, 0.05) is 65.3 Å². The molecule has 0 aliphatic carbocycles.